The average molecular weight is 428 g/mol. The zero-order valence-electron chi connectivity index (χ0n) is 17.8. The second kappa shape index (κ2) is 8.23. The van der Waals surface area contributed by atoms with Crippen molar-refractivity contribution < 1.29 is 0 Å². The molecule has 0 spiro atoms. The maximum absolute atomic E-state index is 13.5. The lowest BCUT2D eigenvalue weighted by Gasteiger charge is -2.35. The number of hydrogen-bond donors (Lipinski definition) is 1. The molecule has 0 radical (unpaired) electrons. The van der Waals surface area contributed by atoms with Crippen LogP contribution in [-0.4, -0.2) is 15.8 Å². The van der Waals surface area contributed by atoms with Crippen LogP contribution in [0.25, 0.3) is 6.08 Å². The van der Waals surface area contributed by atoms with Gasteiger partial charge in [-0.15, -0.1) is 0 Å². The lowest BCUT2D eigenvalue weighted by Crippen LogP contribution is -2.33. The van der Waals surface area contributed by atoms with Crippen LogP contribution >= 0.6 is 11.8 Å². The fourth-order valence-corrected chi connectivity index (χ4v) is 5.25. The van der Waals surface area contributed by atoms with Gasteiger partial charge < -0.3 is 5.32 Å². The average Bonchev–Trinajstić information content (AvgIpc) is 2.81. The van der Waals surface area contributed by atoms with Crippen molar-refractivity contribution >= 4 is 23.7 Å². The van der Waals surface area contributed by atoms with E-state index in [0.29, 0.717) is 5.82 Å². The van der Waals surface area contributed by atoms with Gasteiger partial charge in [-0.25, -0.2) is 4.98 Å². The molecule has 1 atom stereocenters. The fourth-order valence-electron chi connectivity index (χ4n) is 4.71. The summed E-state index contributed by atoms with van der Waals surface area (Å²) in [6.07, 6.45) is 7.29. The summed E-state index contributed by atoms with van der Waals surface area (Å²) >= 11 is 1.49. The van der Waals surface area contributed by atoms with E-state index in [1.54, 1.807) is 4.57 Å². The van der Waals surface area contributed by atoms with Gasteiger partial charge in [-0.1, -0.05) is 72.4 Å². The van der Waals surface area contributed by atoms with Crippen molar-refractivity contribution in [2.75, 3.05) is 11.6 Å². The summed E-state index contributed by atoms with van der Waals surface area (Å²) in [7, 11) is 1.81. The number of hydrogen-bond acceptors (Lipinski definition) is 4. The second-order valence-corrected chi connectivity index (χ2v) is 8.80. The van der Waals surface area contributed by atoms with E-state index in [4.69, 9.17) is 4.98 Å². The third kappa shape index (κ3) is 3.53. The van der Waals surface area contributed by atoms with E-state index in [9.17, 15) is 4.79 Å². The van der Waals surface area contributed by atoms with Gasteiger partial charge >= 0.3 is 0 Å². The van der Waals surface area contributed by atoms with Gasteiger partial charge in [-0.3, -0.25) is 9.36 Å². The van der Waals surface area contributed by atoms with Gasteiger partial charge in [0.2, 0.25) is 0 Å². The fraction of sp³-hybridized carbons (Fsp3) is 0.231. The minimum atomic E-state index is -0.0750. The molecule has 0 bridgehead atoms. The number of allylic oxidation sites excluding steroid dienone is 2. The summed E-state index contributed by atoms with van der Waals surface area (Å²) in [5.41, 5.74) is 6.85. The summed E-state index contributed by atoms with van der Waals surface area (Å²) < 4.78 is 1.68. The molecule has 1 aliphatic heterocycles. The van der Waals surface area contributed by atoms with E-state index < -0.39 is 0 Å². The Hall–Kier alpha value is -3.05. The molecule has 2 heterocycles. The zero-order chi connectivity index (χ0) is 21.4. The highest BCUT2D eigenvalue weighted by molar-refractivity contribution is 7.98. The number of nitrogens with one attached hydrogen (secondary N) is 1. The third-order valence-corrected chi connectivity index (χ3v) is 6.89. The largest absolute Gasteiger partial charge is 0.340 e. The number of anilines is 1. The molecule has 1 N–H and O–H groups in total. The van der Waals surface area contributed by atoms with Crippen LogP contribution in [-0.2, 0) is 7.05 Å². The van der Waals surface area contributed by atoms with Gasteiger partial charge in [-0.2, -0.15) is 0 Å². The molecule has 1 aromatic heterocycles. The standard InChI is InChI=1S/C26H25N3OS/c1-29-25(30)22-21(18-12-7-4-8-13-18)20-15-9-14-19(16-17-10-5-3-6-11-17)23(20)27-24(22)28-26(29)31-2/h3-8,10-13,16,21,27H,9,14-15H2,1-2H3/b19-16+. The van der Waals surface area contributed by atoms with E-state index in [1.807, 2.05) is 25.4 Å². The Bertz CT molecular complexity index is 1240. The van der Waals surface area contributed by atoms with Crippen LogP contribution < -0.4 is 10.9 Å². The summed E-state index contributed by atoms with van der Waals surface area (Å²) in [4.78, 5) is 18.3. The lowest BCUT2D eigenvalue weighted by molar-refractivity contribution is 0.656. The molecule has 5 heteroatoms. The molecular formula is C26H25N3OS. The Balaban J connectivity index is 1.74. The minimum Gasteiger partial charge on any atom is -0.340 e. The smallest absolute Gasteiger partial charge is 0.260 e. The molecule has 0 saturated carbocycles. The maximum Gasteiger partial charge on any atom is 0.260 e. The number of nitrogens with zero attached hydrogens (tertiary/aromatic N) is 2. The Labute approximate surface area is 186 Å². The van der Waals surface area contributed by atoms with E-state index in [2.05, 4.69) is 59.9 Å². The first-order valence-corrected chi connectivity index (χ1v) is 11.9. The van der Waals surface area contributed by atoms with Gasteiger partial charge in [-0.05, 0) is 53.9 Å². The summed E-state index contributed by atoms with van der Waals surface area (Å²) in [5.74, 6) is 0.620. The topological polar surface area (TPSA) is 46.9 Å². The van der Waals surface area contributed by atoms with Crippen molar-refractivity contribution in [1.29, 1.82) is 0 Å². The number of fused-ring (bicyclic) bond motifs is 1. The van der Waals surface area contributed by atoms with Crippen molar-refractivity contribution in [2.45, 2.75) is 30.3 Å². The molecule has 5 rings (SSSR count). The molecule has 2 aromatic carbocycles. The molecule has 1 unspecified atom stereocenters. The van der Waals surface area contributed by atoms with Crippen molar-refractivity contribution in [3.63, 3.8) is 0 Å². The van der Waals surface area contributed by atoms with Gasteiger partial charge in [0.05, 0.1) is 5.56 Å². The van der Waals surface area contributed by atoms with E-state index in [-0.39, 0.29) is 11.5 Å². The number of rotatable bonds is 3. The minimum absolute atomic E-state index is 0.0291. The van der Waals surface area contributed by atoms with Crippen LogP contribution in [0.3, 0.4) is 0 Å². The predicted octanol–water partition coefficient (Wildman–Crippen LogP) is 5.58. The number of thioether (sulfide) groups is 1. The molecule has 4 nitrogen and oxygen atoms in total. The highest BCUT2D eigenvalue weighted by atomic mass is 32.2. The molecule has 2 aliphatic rings. The van der Waals surface area contributed by atoms with Crippen LogP contribution in [0, 0.1) is 0 Å². The van der Waals surface area contributed by atoms with Crippen LogP contribution in [0.15, 0.2) is 87.5 Å². The quantitative estimate of drug-likeness (QED) is 0.438. The van der Waals surface area contributed by atoms with E-state index in [1.165, 1.54) is 28.5 Å². The molecule has 31 heavy (non-hydrogen) atoms. The first kappa shape index (κ1) is 19.9. The van der Waals surface area contributed by atoms with Crippen LogP contribution in [0.1, 0.15) is 41.9 Å². The highest BCUT2D eigenvalue weighted by Crippen LogP contribution is 2.46. The van der Waals surface area contributed by atoms with Crippen molar-refractivity contribution in [3.8, 4) is 0 Å². The summed E-state index contributed by atoms with van der Waals surface area (Å²) in [6, 6.07) is 20.8. The molecule has 1 aliphatic carbocycles. The molecule has 3 aromatic rings. The van der Waals surface area contributed by atoms with Crippen LogP contribution in [0.5, 0.6) is 0 Å². The normalized spacial score (nSPS) is 19.0. The monoisotopic (exact) mass is 427 g/mol. The van der Waals surface area contributed by atoms with Crippen LogP contribution in [0.4, 0.5) is 5.82 Å². The van der Waals surface area contributed by atoms with Gasteiger partial charge in [0.15, 0.2) is 5.16 Å². The number of benzene rings is 2. The highest BCUT2D eigenvalue weighted by Gasteiger charge is 2.36. The zero-order valence-corrected chi connectivity index (χ0v) is 18.6. The molecule has 0 saturated heterocycles. The molecular weight excluding hydrogens is 402 g/mol. The van der Waals surface area contributed by atoms with Gasteiger partial charge in [0.1, 0.15) is 5.82 Å². The van der Waals surface area contributed by atoms with Crippen LogP contribution in [0.2, 0.25) is 0 Å². The summed E-state index contributed by atoms with van der Waals surface area (Å²) in [5, 5.41) is 4.30. The van der Waals surface area contributed by atoms with E-state index >= 15 is 0 Å². The second-order valence-electron chi connectivity index (χ2n) is 8.03. The lowest BCUT2D eigenvalue weighted by atomic mass is 9.75. The Morgan fingerprint density at radius 3 is 2.48 bits per heavy atom. The van der Waals surface area contributed by atoms with Crippen molar-refractivity contribution in [2.24, 2.45) is 7.05 Å². The van der Waals surface area contributed by atoms with Crippen molar-refractivity contribution in [1.82, 2.24) is 9.55 Å². The van der Waals surface area contributed by atoms with E-state index in [0.717, 1.165) is 41.2 Å². The van der Waals surface area contributed by atoms with Crippen molar-refractivity contribution in [3.05, 3.63) is 105 Å². The third-order valence-electron chi connectivity index (χ3n) is 6.16. The maximum atomic E-state index is 13.5. The SMILES string of the molecule is CSc1nc2c(c(=O)n1C)C(c1ccccc1)C1=C(N2)/C(=C/c2ccccc2)CCC1. The first-order valence-electron chi connectivity index (χ1n) is 10.6. The Morgan fingerprint density at radius 1 is 1.06 bits per heavy atom. The molecule has 156 valence electrons. The predicted molar refractivity (Wildman–Crippen MR) is 128 cm³/mol. The molecule has 0 fully saturated rings. The number of aromatic nitrogens is 2. The van der Waals surface area contributed by atoms with Gasteiger partial charge in [0, 0.05) is 18.7 Å². The summed E-state index contributed by atoms with van der Waals surface area (Å²) in [6.45, 7) is 0. The Kier molecular flexibility index (Phi) is 5.28. The first-order chi connectivity index (χ1) is 15.2. The Morgan fingerprint density at radius 2 is 1.77 bits per heavy atom. The molecule has 0 amide bonds. The van der Waals surface area contributed by atoms with Gasteiger partial charge in [0.25, 0.3) is 5.56 Å².